The fraction of sp³-hybridized carbons (Fsp3) is 0.867. The molecular formula is C15H26O6. The van der Waals surface area contributed by atoms with Crippen molar-refractivity contribution in [1.82, 2.24) is 0 Å². The van der Waals surface area contributed by atoms with Crippen molar-refractivity contribution in [2.24, 2.45) is 0 Å². The van der Waals surface area contributed by atoms with Crippen LogP contribution in [0.1, 0.15) is 54.4 Å². The molecule has 1 saturated heterocycles. The number of hydrogen-bond donors (Lipinski definition) is 0. The van der Waals surface area contributed by atoms with E-state index in [1.54, 1.807) is 13.8 Å². The minimum Gasteiger partial charge on any atom is -0.463 e. The molecule has 0 aromatic carbocycles. The van der Waals surface area contributed by atoms with E-state index >= 15 is 0 Å². The third-order valence-electron chi connectivity index (χ3n) is 2.71. The van der Waals surface area contributed by atoms with Crippen LogP contribution < -0.4 is 0 Å². The van der Waals surface area contributed by atoms with Crippen LogP contribution in [0, 0.1) is 0 Å². The van der Waals surface area contributed by atoms with Gasteiger partial charge in [-0.2, -0.15) is 0 Å². The molecule has 1 rings (SSSR count). The van der Waals surface area contributed by atoms with Crippen LogP contribution in [0.5, 0.6) is 0 Å². The molecule has 0 aliphatic carbocycles. The second-order valence-corrected chi connectivity index (χ2v) is 6.71. The predicted molar refractivity (Wildman–Crippen MR) is 75.5 cm³/mol. The van der Waals surface area contributed by atoms with E-state index in [2.05, 4.69) is 0 Å². The van der Waals surface area contributed by atoms with Crippen molar-refractivity contribution in [3.8, 4) is 0 Å². The smallest absolute Gasteiger partial charge is 0.308 e. The third kappa shape index (κ3) is 7.43. The van der Waals surface area contributed by atoms with Gasteiger partial charge in [0.15, 0.2) is 5.79 Å². The molecule has 1 fully saturated rings. The maximum Gasteiger partial charge on any atom is 0.308 e. The van der Waals surface area contributed by atoms with Crippen molar-refractivity contribution in [3.05, 3.63) is 0 Å². The van der Waals surface area contributed by atoms with Gasteiger partial charge in [0.05, 0.1) is 18.6 Å². The molecule has 1 aliphatic heterocycles. The van der Waals surface area contributed by atoms with E-state index in [-0.39, 0.29) is 37.2 Å². The molecule has 6 nitrogen and oxygen atoms in total. The highest BCUT2D eigenvalue weighted by Gasteiger charge is 2.37. The van der Waals surface area contributed by atoms with Gasteiger partial charge in [-0.05, 0) is 34.6 Å². The van der Waals surface area contributed by atoms with Crippen LogP contribution in [0.3, 0.4) is 0 Å². The van der Waals surface area contributed by atoms with Crippen LogP contribution in [0.15, 0.2) is 0 Å². The Hall–Kier alpha value is -1.14. The number of hydrogen-bond acceptors (Lipinski definition) is 6. The summed E-state index contributed by atoms with van der Waals surface area (Å²) in [6, 6.07) is 0. The van der Waals surface area contributed by atoms with Gasteiger partial charge in [-0.25, -0.2) is 0 Å². The summed E-state index contributed by atoms with van der Waals surface area (Å²) in [5.41, 5.74) is -0.519. The van der Waals surface area contributed by atoms with Crippen LogP contribution in [0.2, 0.25) is 0 Å². The number of esters is 2. The topological polar surface area (TPSA) is 71.1 Å². The minimum atomic E-state index is -0.824. The maximum absolute atomic E-state index is 11.9. The molecule has 1 heterocycles. The van der Waals surface area contributed by atoms with E-state index in [1.165, 1.54) is 6.92 Å². The lowest BCUT2D eigenvalue weighted by molar-refractivity contribution is -0.304. The van der Waals surface area contributed by atoms with Gasteiger partial charge < -0.3 is 18.9 Å². The highest BCUT2D eigenvalue weighted by atomic mass is 16.7. The number of carbonyl (C=O) groups excluding carboxylic acids is 2. The summed E-state index contributed by atoms with van der Waals surface area (Å²) in [6.45, 7) is 10.5. The third-order valence-corrected chi connectivity index (χ3v) is 2.71. The Morgan fingerprint density at radius 2 is 1.76 bits per heavy atom. The first-order valence-corrected chi connectivity index (χ1v) is 7.18. The van der Waals surface area contributed by atoms with E-state index in [0.717, 1.165) is 0 Å². The summed E-state index contributed by atoms with van der Waals surface area (Å²) in [5.74, 6) is -1.49. The summed E-state index contributed by atoms with van der Waals surface area (Å²) >= 11 is 0. The number of rotatable bonds is 4. The molecule has 1 unspecified atom stereocenters. The maximum atomic E-state index is 11.9. The Morgan fingerprint density at radius 3 is 2.29 bits per heavy atom. The molecule has 122 valence electrons. The van der Waals surface area contributed by atoms with Crippen molar-refractivity contribution in [2.75, 3.05) is 6.61 Å². The largest absolute Gasteiger partial charge is 0.463 e. The van der Waals surface area contributed by atoms with Crippen LogP contribution >= 0.6 is 0 Å². The van der Waals surface area contributed by atoms with Crippen LogP contribution in [0.4, 0.5) is 0 Å². The molecule has 2 atom stereocenters. The highest BCUT2D eigenvalue weighted by Crippen LogP contribution is 2.29. The van der Waals surface area contributed by atoms with Crippen molar-refractivity contribution in [2.45, 2.75) is 78.0 Å². The van der Waals surface area contributed by atoms with Gasteiger partial charge in [0.2, 0.25) is 0 Å². The van der Waals surface area contributed by atoms with Gasteiger partial charge in [0, 0.05) is 13.3 Å². The molecule has 0 spiro atoms. The standard InChI is InChI=1S/C15H26O6/c1-10(16)18-9-12-7-11(19-15(5,6)20-12)8-13(17)21-14(2,3)4/h11-12H,7-9H2,1-6H3/t11-,12?/m1/s1. The zero-order valence-corrected chi connectivity index (χ0v) is 13.7. The van der Waals surface area contributed by atoms with Gasteiger partial charge in [0.1, 0.15) is 12.2 Å². The number of carbonyl (C=O) groups is 2. The summed E-state index contributed by atoms with van der Waals surface area (Å²) < 4.78 is 21.7. The summed E-state index contributed by atoms with van der Waals surface area (Å²) in [7, 11) is 0. The van der Waals surface area contributed by atoms with Crippen molar-refractivity contribution in [1.29, 1.82) is 0 Å². The lowest BCUT2D eigenvalue weighted by Crippen LogP contribution is -2.47. The van der Waals surface area contributed by atoms with Gasteiger partial charge in [-0.15, -0.1) is 0 Å². The predicted octanol–water partition coefficient (Wildman–Crippen LogP) is 2.19. The van der Waals surface area contributed by atoms with Gasteiger partial charge >= 0.3 is 11.9 Å². The first kappa shape index (κ1) is 17.9. The van der Waals surface area contributed by atoms with Crippen molar-refractivity contribution < 1.29 is 28.5 Å². The molecule has 0 saturated carbocycles. The Bertz CT molecular complexity index is 382. The Kier molecular flexibility index (Phi) is 5.75. The van der Waals surface area contributed by atoms with Crippen LogP contribution in [-0.2, 0) is 28.5 Å². The Balaban J connectivity index is 2.57. The lowest BCUT2D eigenvalue weighted by atomic mass is 10.1. The molecule has 6 heteroatoms. The summed E-state index contributed by atoms with van der Waals surface area (Å²) in [5, 5.41) is 0. The monoisotopic (exact) mass is 302 g/mol. The summed E-state index contributed by atoms with van der Waals surface area (Å²) in [4.78, 5) is 22.8. The zero-order valence-electron chi connectivity index (χ0n) is 13.7. The van der Waals surface area contributed by atoms with Crippen molar-refractivity contribution >= 4 is 11.9 Å². The normalized spacial score (nSPS) is 25.2. The molecule has 0 N–H and O–H groups in total. The van der Waals surface area contributed by atoms with Crippen LogP contribution in [-0.4, -0.2) is 42.1 Å². The van der Waals surface area contributed by atoms with Gasteiger partial charge in [0.25, 0.3) is 0 Å². The highest BCUT2D eigenvalue weighted by molar-refractivity contribution is 5.70. The first-order valence-electron chi connectivity index (χ1n) is 7.18. The molecule has 0 bridgehead atoms. The molecule has 1 aliphatic rings. The van der Waals surface area contributed by atoms with E-state index in [1.807, 2.05) is 20.8 Å². The Morgan fingerprint density at radius 1 is 1.19 bits per heavy atom. The second kappa shape index (κ2) is 6.75. The molecule has 21 heavy (non-hydrogen) atoms. The Labute approximate surface area is 126 Å². The lowest BCUT2D eigenvalue weighted by Gasteiger charge is -2.40. The molecule has 0 amide bonds. The zero-order chi connectivity index (χ0) is 16.3. The average molecular weight is 302 g/mol. The molecule has 0 aromatic heterocycles. The average Bonchev–Trinajstić information content (AvgIpc) is 2.20. The molecular weight excluding hydrogens is 276 g/mol. The SMILES string of the molecule is CC(=O)OCC1C[C@H](CC(=O)OC(C)(C)C)OC(C)(C)O1. The van der Waals surface area contributed by atoms with Crippen LogP contribution in [0.25, 0.3) is 0 Å². The fourth-order valence-electron chi connectivity index (χ4n) is 2.23. The van der Waals surface area contributed by atoms with E-state index in [9.17, 15) is 9.59 Å². The van der Waals surface area contributed by atoms with Gasteiger partial charge in [-0.1, -0.05) is 0 Å². The number of ether oxygens (including phenoxy) is 4. The quantitative estimate of drug-likeness (QED) is 0.741. The fourth-order valence-corrected chi connectivity index (χ4v) is 2.23. The van der Waals surface area contributed by atoms with Gasteiger partial charge in [-0.3, -0.25) is 9.59 Å². The second-order valence-electron chi connectivity index (χ2n) is 6.71. The van der Waals surface area contributed by atoms with Crippen molar-refractivity contribution in [3.63, 3.8) is 0 Å². The molecule has 0 aromatic rings. The minimum absolute atomic E-state index is 0.153. The molecule has 0 radical (unpaired) electrons. The summed E-state index contributed by atoms with van der Waals surface area (Å²) in [6.07, 6.45) is 0.0329. The van der Waals surface area contributed by atoms with E-state index < -0.39 is 11.4 Å². The first-order chi connectivity index (χ1) is 9.47. The van der Waals surface area contributed by atoms with E-state index in [0.29, 0.717) is 6.42 Å². The van der Waals surface area contributed by atoms with E-state index in [4.69, 9.17) is 18.9 Å².